The molecule has 29 heavy (non-hydrogen) atoms. The maximum absolute atomic E-state index is 14.3. The first-order valence-electron chi connectivity index (χ1n) is 9.82. The predicted molar refractivity (Wildman–Crippen MR) is 117 cm³/mol. The molecule has 152 valence electrons. The van der Waals surface area contributed by atoms with Crippen LogP contribution in [0.2, 0.25) is 0 Å². The molecule has 3 rings (SSSR count). The van der Waals surface area contributed by atoms with Crippen molar-refractivity contribution in [1.29, 1.82) is 0 Å². The smallest absolute Gasteiger partial charge is 0.163 e. The zero-order chi connectivity index (χ0) is 21.2. The number of allylic oxidation sites excluding steroid dienone is 1. The summed E-state index contributed by atoms with van der Waals surface area (Å²) in [5.41, 5.74) is 9.87. The Morgan fingerprint density at radius 3 is 2.52 bits per heavy atom. The van der Waals surface area contributed by atoms with Crippen LogP contribution < -0.4 is 5.73 Å². The summed E-state index contributed by atoms with van der Waals surface area (Å²) < 4.78 is 16.2. The van der Waals surface area contributed by atoms with E-state index in [4.69, 9.17) is 5.73 Å². The molecule has 0 saturated carbocycles. The van der Waals surface area contributed by atoms with Gasteiger partial charge in [-0.3, -0.25) is 9.78 Å². The number of nitrogens with two attached hydrogens (primary N) is 1. The van der Waals surface area contributed by atoms with Gasteiger partial charge in [0, 0.05) is 53.1 Å². The van der Waals surface area contributed by atoms with Crippen LogP contribution in [0.5, 0.6) is 0 Å². The van der Waals surface area contributed by atoms with Crippen LogP contribution in [-0.2, 0) is 6.54 Å². The van der Waals surface area contributed by atoms with Gasteiger partial charge < -0.3 is 10.3 Å². The lowest BCUT2D eigenvalue weighted by Gasteiger charge is -2.16. The lowest BCUT2D eigenvalue weighted by atomic mass is 9.87. The van der Waals surface area contributed by atoms with Crippen LogP contribution in [0.15, 0.2) is 54.6 Å². The summed E-state index contributed by atoms with van der Waals surface area (Å²) in [6.45, 7) is 8.41. The van der Waals surface area contributed by atoms with Gasteiger partial charge >= 0.3 is 0 Å². The number of rotatable bonds is 6. The van der Waals surface area contributed by atoms with Crippen LogP contribution >= 0.6 is 0 Å². The van der Waals surface area contributed by atoms with Crippen molar-refractivity contribution in [2.24, 2.45) is 11.1 Å². The van der Waals surface area contributed by atoms with Crippen LogP contribution in [0.3, 0.4) is 0 Å². The number of pyridine rings is 1. The Labute approximate surface area is 171 Å². The number of nitrogens with zero attached hydrogens (tertiary/aromatic N) is 2. The molecule has 0 unspecified atom stereocenters. The van der Waals surface area contributed by atoms with Gasteiger partial charge in [-0.1, -0.05) is 20.8 Å². The van der Waals surface area contributed by atoms with E-state index in [0.29, 0.717) is 12.0 Å². The second-order valence-corrected chi connectivity index (χ2v) is 8.56. The highest BCUT2D eigenvalue weighted by Crippen LogP contribution is 2.36. The van der Waals surface area contributed by atoms with Crippen molar-refractivity contribution in [3.63, 3.8) is 0 Å². The Morgan fingerprint density at radius 1 is 1.21 bits per heavy atom. The fourth-order valence-corrected chi connectivity index (χ4v) is 3.67. The monoisotopic (exact) mass is 393 g/mol. The molecule has 2 N–H and O–H groups in total. The zero-order valence-corrected chi connectivity index (χ0v) is 17.5. The van der Waals surface area contributed by atoms with Gasteiger partial charge in [-0.05, 0) is 54.3 Å². The maximum Gasteiger partial charge on any atom is 0.163 e. The van der Waals surface area contributed by atoms with Gasteiger partial charge in [0.25, 0.3) is 0 Å². The number of hydrogen-bond donors (Lipinski definition) is 1. The Hall–Kier alpha value is -2.79. The number of fused-ring (bicyclic) bond motifs is 1. The third-order valence-electron chi connectivity index (χ3n) is 4.95. The van der Waals surface area contributed by atoms with Crippen LogP contribution in [0.25, 0.3) is 22.0 Å². The van der Waals surface area contributed by atoms with Crippen molar-refractivity contribution < 1.29 is 9.18 Å². The SMILES string of the molecule is Cc1c(-c2ccncc2)c2cc(C(=O)CC(C)(C)C)ccc2n1C/C(F)=C/CN. The van der Waals surface area contributed by atoms with E-state index in [0.717, 1.165) is 27.7 Å². The summed E-state index contributed by atoms with van der Waals surface area (Å²) in [7, 11) is 0. The number of carbonyl (C=O) groups excluding carboxylic acids is 1. The Bertz CT molecular complexity index is 1060. The lowest BCUT2D eigenvalue weighted by Crippen LogP contribution is -2.13. The van der Waals surface area contributed by atoms with Crippen molar-refractivity contribution in [3.8, 4) is 11.1 Å². The fraction of sp³-hybridized carbons (Fsp3) is 0.333. The van der Waals surface area contributed by atoms with E-state index in [-0.39, 0.29) is 30.1 Å². The molecule has 0 aliphatic rings. The average Bonchev–Trinajstić information content (AvgIpc) is 2.92. The zero-order valence-electron chi connectivity index (χ0n) is 17.5. The molecular weight excluding hydrogens is 365 g/mol. The van der Waals surface area contributed by atoms with Gasteiger partial charge in [0.15, 0.2) is 5.78 Å². The number of ketones is 1. The summed E-state index contributed by atoms with van der Waals surface area (Å²) in [5, 5.41) is 0.939. The minimum Gasteiger partial charge on any atom is -0.337 e. The summed E-state index contributed by atoms with van der Waals surface area (Å²) in [6.07, 6.45) is 5.33. The summed E-state index contributed by atoms with van der Waals surface area (Å²) >= 11 is 0. The largest absolute Gasteiger partial charge is 0.337 e. The maximum atomic E-state index is 14.3. The molecule has 0 amide bonds. The summed E-state index contributed by atoms with van der Waals surface area (Å²) in [4.78, 5) is 16.9. The van der Waals surface area contributed by atoms with E-state index in [1.54, 1.807) is 12.4 Å². The highest BCUT2D eigenvalue weighted by molar-refractivity contribution is 6.04. The first-order valence-corrected chi connectivity index (χ1v) is 9.82. The quantitative estimate of drug-likeness (QED) is 0.567. The van der Waals surface area contributed by atoms with Crippen LogP contribution in [0.1, 0.15) is 43.2 Å². The molecule has 0 radical (unpaired) electrons. The lowest BCUT2D eigenvalue weighted by molar-refractivity contribution is 0.0940. The number of benzene rings is 1. The van der Waals surface area contributed by atoms with Crippen LogP contribution in [0.4, 0.5) is 4.39 Å². The number of hydrogen-bond acceptors (Lipinski definition) is 3. The summed E-state index contributed by atoms with van der Waals surface area (Å²) in [6, 6.07) is 9.56. The normalized spacial score (nSPS) is 12.6. The molecule has 3 aromatic rings. The van der Waals surface area contributed by atoms with Crippen molar-refractivity contribution in [3.05, 3.63) is 65.9 Å². The van der Waals surface area contributed by atoms with Gasteiger partial charge in [0.05, 0.1) is 6.54 Å². The second kappa shape index (κ2) is 8.29. The van der Waals surface area contributed by atoms with E-state index < -0.39 is 0 Å². The minimum atomic E-state index is -0.276. The molecule has 0 bridgehead atoms. The Kier molecular flexibility index (Phi) is 5.99. The van der Waals surface area contributed by atoms with Crippen molar-refractivity contribution >= 4 is 16.7 Å². The molecule has 5 heteroatoms. The summed E-state index contributed by atoms with van der Waals surface area (Å²) in [5.74, 6) is -0.165. The van der Waals surface area contributed by atoms with Crippen molar-refractivity contribution in [2.75, 3.05) is 6.54 Å². The van der Waals surface area contributed by atoms with Crippen molar-refractivity contribution in [2.45, 2.75) is 40.7 Å². The third kappa shape index (κ3) is 4.62. The molecule has 1 aromatic carbocycles. The number of halogens is 1. The molecule has 0 aliphatic heterocycles. The molecule has 0 spiro atoms. The van der Waals surface area contributed by atoms with Crippen LogP contribution in [-0.4, -0.2) is 21.9 Å². The standard InChI is InChI=1S/C24H28FN3O/c1-16-23(17-8-11-27-12-9-17)20-13-18(22(29)14-24(2,3)4)5-6-21(20)28(16)15-19(25)7-10-26/h5-9,11-13H,10,14-15,26H2,1-4H3/b19-7-. The predicted octanol–water partition coefficient (Wildman–Crippen LogP) is 5.44. The molecule has 0 aliphatic carbocycles. The first-order chi connectivity index (χ1) is 13.7. The molecule has 0 saturated heterocycles. The van der Waals surface area contributed by atoms with Gasteiger partial charge in [-0.25, -0.2) is 4.39 Å². The molecule has 0 atom stereocenters. The average molecular weight is 394 g/mol. The highest BCUT2D eigenvalue weighted by atomic mass is 19.1. The number of aromatic nitrogens is 2. The van der Waals surface area contributed by atoms with E-state index >= 15 is 0 Å². The second-order valence-electron chi connectivity index (χ2n) is 8.56. The van der Waals surface area contributed by atoms with E-state index in [1.807, 2.05) is 41.8 Å². The van der Waals surface area contributed by atoms with E-state index in [9.17, 15) is 9.18 Å². The Morgan fingerprint density at radius 2 is 1.90 bits per heavy atom. The fourth-order valence-electron chi connectivity index (χ4n) is 3.67. The molecular formula is C24H28FN3O. The molecule has 2 heterocycles. The molecule has 2 aromatic heterocycles. The molecule has 0 fully saturated rings. The van der Waals surface area contributed by atoms with Gasteiger partial charge in [0.2, 0.25) is 0 Å². The van der Waals surface area contributed by atoms with Gasteiger partial charge in [-0.2, -0.15) is 0 Å². The van der Waals surface area contributed by atoms with Crippen molar-refractivity contribution in [1.82, 2.24) is 9.55 Å². The topological polar surface area (TPSA) is 60.9 Å². The molecule has 4 nitrogen and oxygen atoms in total. The van der Waals surface area contributed by atoms with E-state index in [1.165, 1.54) is 6.08 Å². The minimum absolute atomic E-state index is 0.0854. The van der Waals surface area contributed by atoms with Gasteiger partial charge in [0.1, 0.15) is 5.83 Å². The van der Waals surface area contributed by atoms with Gasteiger partial charge in [-0.15, -0.1) is 0 Å². The van der Waals surface area contributed by atoms with E-state index in [2.05, 4.69) is 25.8 Å². The van der Waals surface area contributed by atoms with Crippen LogP contribution in [0, 0.1) is 12.3 Å². The third-order valence-corrected chi connectivity index (χ3v) is 4.95. The number of Topliss-reactive ketones (excluding diaryl/α,β-unsaturated/α-hetero) is 1. The highest BCUT2D eigenvalue weighted by Gasteiger charge is 2.21. The first kappa shape index (κ1) is 20.9. The number of carbonyl (C=O) groups is 1. The Balaban J connectivity index is 2.20.